The molecule has 0 bridgehead atoms. The maximum absolute atomic E-state index is 12.9. The van der Waals surface area contributed by atoms with Crippen LogP contribution in [0.2, 0.25) is 0 Å². The fraction of sp³-hybridized carbons (Fsp3) is 0.810. The molecule has 6 unspecified atom stereocenters. The van der Waals surface area contributed by atoms with Crippen LogP contribution in [0.15, 0.2) is 0 Å². The molecule has 6 N–H and O–H groups in total. The summed E-state index contributed by atoms with van der Waals surface area (Å²) in [6.07, 6.45) is 1.12. The van der Waals surface area contributed by atoms with Crippen LogP contribution in [0.25, 0.3) is 0 Å². The van der Waals surface area contributed by atoms with Gasteiger partial charge in [-0.3, -0.25) is 14.4 Å². The summed E-state index contributed by atoms with van der Waals surface area (Å²) in [6, 6.07) is -3.74. The summed E-state index contributed by atoms with van der Waals surface area (Å²) < 4.78 is 0. The summed E-state index contributed by atoms with van der Waals surface area (Å²) in [5.74, 6) is -3.07. The van der Waals surface area contributed by atoms with Crippen molar-refractivity contribution in [1.82, 2.24) is 21.3 Å². The normalized spacial score (nSPS) is 20.9. The average Bonchev–Trinajstić information content (AvgIpc) is 3.22. The number of carbonyl (C=O) groups is 4. The summed E-state index contributed by atoms with van der Waals surface area (Å²) >= 11 is 0. The summed E-state index contributed by atoms with van der Waals surface area (Å²) in [5, 5.41) is 30.2. The van der Waals surface area contributed by atoms with Crippen molar-refractivity contribution in [3.63, 3.8) is 0 Å². The smallest absolute Gasteiger partial charge is 0.326 e. The van der Waals surface area contributed by atoms with E-state index in [4.69, 9.17) is 0 Å². The van der Waals surface area contributed by atoms with Crippen LogP contribution in [0.3, 0.4) is 0 Å². The first-order valence-corrected chi connectivity index (χ1v) is 11.0. The SMILES string of the molecule is CCC(C)C(NC(=O)C(NC(=O)C1CCCN1)C(C)O)C(=O)NC(CC(C)C)C(=O)O. The minimum Gasteiger partial charge on any atom is -0.480 e. The number of rotatable bonds is 12. The number of carboxylic acids is 1. The van der Waals surface area contributed by atoms with Crippen LogP contribution >= 0.6 is 0 Å². The van der Waals surface area contributed by atoms with Gasteiger partial charge in [-0.05, 0) is 44.6 Å². The van der Waals surface area contributed by atoms with Gasteiger partial charge < -0.3 is 31.5 Å². The van der Waals surface area contributed by atoms with E-state index in [1.54, 1.807) is 6.92 Å². The second kappa shape index (κ2) is 12.6. The Bertz CT molecular complexity index is 633. The number of nitrogens with one attached hydrogen (secondary N) is 4. The monoisotopic (exact) mass is 442 g/mol. The molecule has 1 rings (SSSR count). The molecule has 1 saturated heterocycles. The van der Waals surface area contributed by atoms with E-state index < -0.39 is 48.1 Å². The highest BCUT2D eigenvalue weighted by molar-refractivity contribution is 5.94. The number of aliphatic carboxylic acids is 1. The second-order valence-corrected chi connectivity index (χ2v) is 8.78. The van der Waals surface area contributed by atoms with E-state index in [0.717, 1.165) is 6.42 Å². The van der Waals surface area contributed by atoms with E-state index in [9.17, 15) is 29.4 Å². The summed E-state index contributed by atoms with van der Waals surface area (Å²) in [5.41, 5.74) is 0. The molecule has 3 amide bonds. The molecule has 1 fully saturated rings. The predicted octanol–water partition coefficient (Wildman–Crippen LogP) is -0.250. The van der Waals surface area contributed by atoms with Gasteiger partial charge in [0.25, 0.3) is 0 Å². The first-order chi connectivity index (χ1) is 14.5. The minimum atomic E-state index is -1.24. The molecule has 1 aliphatic heterocycles. The number of aliphatic hydroxyl groups excluding tert-OH is 1. The highest BCUT2D eigenvalue weighted by Gasteiger charge is 2.35. The molecule has 178 valence electrons. The number of amides is 3. The maximum atomic E-state index is 12.9. The molecule has 0 radical (unpaired) electrons. The van der Waals surface area contributed by atoms with Crippen molar-refractivity contribution in [1.29, 1.82) is 0 Å². The predicted molar refractivity (Wildman–Crippen MR) is 115 cm³/mol. The van der Waals surface area contributed by atoms with Crippen LogP contribution in [0.4, 0.5) is 0 Å². The van der Waals surface area contributed by atoms with Crippen LogP contribution in [-0.4, -0.2) is 70.7 Å². The topological polar surface area (TPSA) is 157 Å². The van der Waals surface area contributed by atoms with E-state index in [2.05, 4.69) is 21.3 Å². The van der Waals surface area contributed by atoms with Gasteiger partial charge in [0.1, 0.15) is 18.1 Å². The van der Waals surface area contributed by atoms with Crippen LogP contribution < -0.4 is 21.3 Å². The van der Waals surface area contributed by atoms with Gasteiger partial charge >= 0.3 is 5.97 Å². The first-order valence-electron chi connectivity index (χ1n) is 11.0. The van der Waals surface area contributed by atoms with Gasteiger partial charge in [0, 0.05) is 0 Å². The number of carbonyl (C=O) groups excluding carboxylic acids is 3. The summed E-state index contributed by atoms with van der Waals surface area (Å²) in [4.78, 5) is 49.6. The van der Waals surface area contributed by atoms with Crippen molar-refractivity contribution >= 4 is 23.7 Å². The number of hydrogen-bond acceptors (Lipinski definition) is 6. The molecule has 0 aromatic carbocycles. The Morgan fingerprint density at radius 1 is 1.00 bits per heavy atom. The molecule has 0 spiro atoms. The third-order valence-electron chi connectivity index (χ3n) is 5.55. The Labute approximate surface area is 183 Å². The molecule has 10 heteroatoms. The molecule has 0 aromatic rings. The van der Waals surface area contributed by atoms with Crippen molar-refractivity contribution < 1.29 is 29.4 Å². The van der Waals surface area contributed by atoms with Crippen molar-refractivity contribution in [2.75, 3.05) is 6.54 Å². The molecule has 10 nitrogen and oxygen atoms in total. The second-order valence-electron chi connectivity index (χ2n) is 8.78. The Balaban J connectivity index is 2.91. The molecule has 6 atom stereocenters. The zero-order valence-electron chi connectivity index (χ0n) is 19.1. The Morgan fingerprint density at radius 2 is 1.61 bits per heavy atom. The number of carboxylic acid groups (broad SMARTS) is 1. The largest absolute Gasteiger partial charge is 0.480 e. The lowest BCUT2D eigenvalue weighted by Gasteiger charge is -2.29. The molecule has 0 saturated carbocycles. The van der Waals surface area contributed by atoms with E-state index in [1.807, 2.05) is 20.8 Å². The van der Waals surface area contributed by atoms with Gasteiger partial charge in [-0.1, -0.05) is 34.1 Å². The van der Waals surface area contributed by atoms with E-state index in [0.29, 0.717) is 19.4 Å². The fourth-order valence-corrected chi connectivity index (χ4v) is 3.47. The van der Waals surface area contributed by atoms with Gasteiger partial charge in [-0.15, -0.1) is 0 Å². The molecular formula is C21H38N4O6. The molecular weight excluding hydrogens is 404 g/mol. The van der Waals surface area contributed by atoms with Crippen LogP contribution in [0, 0.1) is 11.8 Å². The third kappa shape index (κ3) is 8.45. The van der Waals surface area contributed by atoms with E-state index in [-0.39, 0.29) is 24.2 Å². The lowest BCUT2D eigenvalue weighted by Crippen LogP contribution is -2.61. The van der Waals surface area contributed by atoms with Crippen LogP contribution in [0.1, 0.15) is 60.3 Å². The zero-order chi connectivity index (χ0) is 23.7. The Morgan fingerprint density at radius 3 is 2.06 bits per heavy atom. The molecule has 1 heterocycles. The lowest BCUT2D eigenvalue weighted by molar-refractivity contribution is -0.143. The van der Waals surface area contributed by atoms with Gasteiger partial charge in [0.2, 0.25) is 17.7 Å². The molecule has 1 aliphatic rings. The highest BCUT2D eigenvalue weighted by atomic mass is 16.4. The molecule has 31 heavy (non-hydrogen) atoms. The molecule has 0 aromatic heterocycles. The third-order valence-corrected chi connectivity index (χ3v) is 5.55. The number of hydrogen-bond donors (Lipinski definition) is 6. The van der Waals surface area contributed by atoms with E-state index in [1.165, 1.54) is 6.92 Å². The number of aliphatic hydroxyl groups is 1. The van der Waals surface area contributed by atoms with E-state index >= 15 is 0 Å². The lowest BCUT2D eigenvalue weighted by atomic mass is 9.96. The first kappa shape index (κ1) is 26.8. The van der Waals surface area contributed by atoms with Gasteiger partial charge in [0.05, 0.1) is 12.1 Å². The highest BCUT2D eigenvalue weighted by Crippen LogP contribution is 2.12. The van der Waals surface area contributed by atoms with Crippen molar-refractivity contribution in [2.24, 2.45) is 11.8 Å². The minimum absolute atomic E-state index is 0.0528. The van der Waals surface area contributed by atoms with Crippen molar-refractivity contribution in [2.45, 2.75) is 90.6 Å². The van der Waals surface area contributed by atoms with Gasteiger partial charge in [-0.25, -0.2) is 4.79 Å². The zero-order valence-corrected chi connectivity index (χ0v) is 19.1. The standard InChI is InChI=1S/C21H38N4O6/c1-6-12(4)16(19(28)23-15(21(30)31)10-11(2)3)24-20(29)17(13(5)26)25-18(27)14-8-7-9-22-14/h11-17,22,26H,6-10H2,1-5H3,(H,23,28)(H,24,29)(H,25,27)(H,30,31). The Hall–Kier alpha value is -2.20. The van der Waals surface area contributed by atoms with Crippen LogP contribution in [-0.2, 0) is 19.2 Å². The van der Waals surface area contributed by atoms with Crippen LogP contribution in [0.5, 0.6) is 0 Å². The Kier molecular flexibility index (Phi) is 10.9. The van der Waals surface area contributed by atoms with Crippen molar-refractivity contribution in [3.8, 4) is 0 Å². The fourth-order valence-electron chi connectivity index (χ4n) is 3.47. The van der Waals surface area contributed by atoms with Gasteiger partial charge in [0.15, 0.2) is 0 Å². The maximum Gasteiger partial charge on any atom is 0.326 e. The molecule has 0 aliphatic carbocycles. The van der Waals surface area contributed by atoms with Crippen molar-refractivity contribution in [3.05, 3.63) is 0 Å². The van der Waals surface area contributed by atoms with Gasteiger partial charge in [-0.2, -0.15) is 0 Å². The average molecular weight is 443 g/mol. The quantitative estimate of drug-likeness (QED) is 0.243. The summed E-state index contributed by atoms with van der Waals surface area (Å²) in [7, 11) is 0. The summed E-state index contributed by atoms with van der Waals surface area (Å²) in [6.45, 7) is 9.41.